The van der Waals surface area contributed by atoms with Gasteiger partial charge in [0.05, 0.1) is 11.4 Å². The van der Waals surface area contributed by atoms with Crippen LogP contribution in [0.15, 0.2) is 18.3 Å². The summed E-state index contributed by atoms with van der Waals surface area (Å²) < 4.78 is 1.86. The average molecular weight is 287 g/mol. The number of hydrogen-bond acceptors (Lipinski definition) is 4. The Morgan fingerprint density at radius 3 is 2.81 bits per heavy atom. The first kappa shape index (κ1) is 15.2. The molecule has 2 aromatic rings. The molecule has 2 rings (SSSR count). The molecule has 3 N–H and O–H groups in total. The normalized spacial score (nSPS) is 10.7. The molecule has 2 aromatic heterocycles. The fraction of sp³-hybridized carbons (Fsp3) is 0.400. The second-order valence-corrected chi connectivity index (χ2v) is 5.02. The summed E-state index contributed by atoms with van der Waals surface area (Å²) >= 11 is 0. The summed E-state index contributed by atoms with van der Waals surface area (Å²) in [6.07, 6.45) is 2.37. The number of aryl methyl sites for hydroxylation is 2. The number of nitrogens with two attached hydrogens (primary N) is 1. The Hall–Kier alpha value is -2.21. The van der Waals surface area contributed by atoms with E-state index in [9.17, 15) is 4.79 Å². The largest absolute Gasteiger partial charge is 0.352 e. The van der Waals surface area contributed by atoms with Gasteiger partial charge in [-0.15, -0.1) is 0 Å². The maximum absolute atomic E-state index is 12.1. The molecule has 0 unspecified atom stereocenters. The van der Waals surface area contributed by atoms with E-state index in [1.54, 1.807) is 18.3 Å². The van der Waals surface area contributed by atoms with Gasteiger partial charge in [-0.2, -0.15) is 5.10 Å². The van der Waals surface area contributed by atoms with Crippen molar-refractivity contribution in [2.45, 2.75) is 26.8 Å². The minimum absolute atomic E-state index is 0.105. The molecule has 0 aliphatic carbocycles. The fourth-order valence-corrected chi connectivity index (χ4v) is 2.31. The fourth-order valence-electron chi connectivity index (χ4n) is 2.31. The molecule has 112 valence electrons. The lowest BCUT2D eigenvalue weighted by molar-refractivity contribution is 0.0954. The van der Waals surface area contributed by atoms with Crippen molar-refractivity contribution >= 4 is 5.91 Å². The second-order valence-electron chi connectivity index (χ2n) is 5.02. The summed E-state index contributed by atoms with van der Waals surface area (Å²) in [6, 6.07) is 3.41. The van der Waals surface area contributed by atoms with Crippen LogP contribution in [-0.2, 0) is 20.0 Å². The highest BCUT2D eigenvalue weighted by Crippen LogP contribution is 2.12. The first-order chi connectivity index (χ1) is 10.0. The quantitative estimate of drug-likeness (QED) is 0.854. The van der Waals surface area contributed by atoms with Crippen molar-refractivity contribution in [3.63, 3.8) is 0 Å². The third-order valence-corrected chi connectivity index (χ3v) is 3.61. The van der Waals surface area contributed by atoms with Crippen molar-refractivity contribution in [2.24, 2.45) is 12.8 Å². The van der Waals surface area contributed by atoms with Gasteiger partial charge in [0.2, 0.25) is 0 Å². The Kier molecular flexibility index (Phi) is 4.70. The van der Waals surface area contributed by atoms with Crippen molar-refractivity contribution in [1.29, 1.82) is 0 Å². The van der Waals surface area contributed by atoms with Gasteiger partial charge in [-0.25, -0.2) is 0 Å². The van der Waals surface area contributed by atoms with E-state index in [1.807, 2.05) is 25.6 Å². The van der Waals surface area contributed by atoms with Crippen molar-refractivity contribution in [3.8, 4) is 0 Å². The van der Waals surface area contributed by atoms with Gasteiger partial charge in [-0.05, 0) is 38.0 Å². The molecule has 0 fully saturated rings. The van der Waals surface area contributed by atoms with Gasteiger partial charge in [0.15, 0.2) is 0 Å². The minimum atomic E-state index is -0.105. The van der Waals surface area contributed by atoms with Crippen LogP contribution in [0, 0.1) is 13.8 Å². The molecule has 1 amide bonds. The number of amides is 1. The SMILES string of the molecule is Cc1nn(C)c(C)c1CCNC(=O)c1ccnc(CN)c1. The van der Waals surface area contributed by atoms with Gasteiger partial charge < -0.3 is 11.1 Å². The van der Waals surface area contributed by atoms with Gasteiger partial charge in [-0.1, -0.05) is 0 Å². The van der Waals surface area contributed by atoms with E-state index >= 15 is 0 Å². The molecule has 2 heterocycles. The molecule has 0 spiro atoms. The number of carbonyl (C=O) groups is 1. The van der Waals surface area contributed by atoms with E-state index in [0.717, 1.165) is 17.8 Å². The Bertz CT molecular complexity index is 648. The predicted octanol–water partition coefficient (Wildman–Crippen LogP) is 0.863. The molecule has 6 heteroatoms. The smallest absolute Gasteiger partial charge is 0.251 e. The van der Waals surface area contributed by atoms with Gasteiger partial charge in [0, 0.05) is 37.6 Å². The van der Waals surface area contributed by atoms with Crippen LogP contribution in [0.25, 0.3) is 0 Å². The Balaban J connectivity index is 1.95. The van der Waals surface area contributed by atoms with E-state index in [-0.39, 0.29) is 5.91 Å². The van der Waals surface area contributed by atoms with E-state index < -0.39 is 0 Å². The highest BCUT2D eigenvalue weighted by atomic mass is 16.1. The zero-order chi connectivity index (χ0) is 15.4. The van der Waals surface area contributed by atoms with Crippen molar-refractivity contribution in [2.75, 3.05) is 6.54 Å². The summed E-state index contributed by atoms with van der Waals surface area (Å²) in [6.45, 7) is 4.93. The third kappa shape index (κ3) is 3.46. The van der Waals surface area contributed by atoms with Crippen LogP contribution >= 0.6 is 0 Å². The minimum Gasteiger partial charge on any atom is -0.352 e. The van der Waals surface area contributed by atoms with Crippen LogP contribution in [0.2, 0.25) is 0 Å². The van der Waals surface area contributed by atoms with E-state index in [0.29, 0.717) is 24.3 Å². The van der Waals surface area contributed by atoms with Crippen LogP contribution in [0.3, 0.4) is 0 Å². The molecule has 21 heavy (non-hydrogen) atoms. The van der Waals surface area contributed by atoms with Crippen LogP contribution < -0.4 is 11.1 Å². The van der Waals surface area contributed by atoms with Crippen LogP contribution in [0.5, 0.6) is 0 Å². The first-order valence-corrected chi connectivity index (χ1v) is 6.95. The molecule has 0 saturated carbocycles. The number of nitrogens with zero attached hydrogens (tertiary/aromatic N) is 3. The summed E-state index contributed by atoms with van der Waals surface area (Å²) in [4.78, 5) is 16.2. The highest BCUT2D eigenvalue weighted by molar-refractivity contribution is 5.94. The Labute approximate surface area is 124 Å². The molecule has 0 radical (unpaired) electrons. The zero-order valence-electron chi connectivity index (χ0n) is 12.7. The van der Waals surface area contributed by atoms with Crippen LogP contribution in [0.4, 0.5) is 0 Å². The summed E-state index contributed by atoms with van der Waals surface area (Å²) in [7, 11) is 1.93. The van der Waals surface area contributed by atoms with E-state index in [4.69, 9.17) is 5.73 Å². The molecular weight excluding hydrogens is 266 g/mol. The monoisotopic (exact) mass is 287 g/mol. The number of hydrogen-bond donors (Lipinski definition) is 2. The maximum atomic E-state index is 12.1. The topological polar surface area (TPSA) is 85.8 Å². The van der Waals surface area contributed by atoms with E-state index in [2.05, 4.69) is 15.4 Å². The predicted molar refractivity (Wildman–Crippen MR) is 80.8 cm³/mol. The van der Waals surface area contributed by atoms with Gasteiger partial charge in [0.1, 0.15) is 0 Å². The summed E-state index contributed by atoms with van der Waals surface area (Å²) in [5.74, 6) is -0.105. The van der Waals surface area contributed by atoms with Gasteiger partial charge in [0.25, 0.3) is 5.91 Å². The molecule has 0 atom stereocenters. The summed E-state index contributed by atoms with van der Waals surface area (Å²) in [5.41, 5.74) is 10.2. The first-order valence-electron chi connectivity index (χ1n) is 6.95. The molecule has 0 bridgehead atoms. The van der Waals surface area contributed by atoms with Crippen molar-refractivity contribution in [1.82, 2.24) is 20.1 Å². The third-order valence-electron chi connectivity index (χ3n) is 3.61. The maximum Gasteiger partial charge on any atom is 0.251 e. The van der Waals surface area contributed by atoms with E-state index in [1.165, 1.54) is 5.56 Å². The van der Waals surface area contributed by atoms with Crippen molar-refractivity contribution < 1.29 is 4.79 Å². The van der Waals surface area contributed by atoms with Crippen LogP contribution in [0.1, 0.15) is 33.0 Å². The van der Waals surface area contributed by atoms with Crippen molar-refractivity contribution in [3.05, 3.63) is 46.5 Å². The number of aromatic nitrogens is 3. The van der Waals surface area contributed by atoms with Gasteiger partial charge in [-0.3, -0.25) is 14.5 Å². The number of pyridine rings is 1. The highest BCUT2D eigenvalue weighted by Gasteiger charge is 2.10. The standard InChI is InChI=1S/C15H21N5O/c1-10-14(11(2)20(3)19-10)5-7-18-15(21)12-4-6-17-13(8-12)9-16/h4,6,8H,5,7,9,16H2,1-3H3,(H,18,21). The Morgan fingerprint density at radius 2 is 2.19 bits per heavy atom. The Morgan fingerprint density at radius 1 is 1.43 bits per heavy atom. The summed E-state index contributed by atoms with van der Waals surface area (Å²) in [5, 5.41) is 7.29. The molecule has 0 aliphatic rings. The molecular formula is C15H21N5O. The lowest BCUT2D eigenvalue weighted by Crippen LogP contribution is -2.26. The number of rotatable bonds is 5. The number of nitrogens with one attached hydrogen (secondary N) is 1. The lowest BCUT2D eigenvalue weighted by atomic mass is 10.1. The van der Waals surface area contributed by atoms with Gasteiger partial charge >= 0.3 is 0 Å². The molecule has 6 nitrogen and oxygen atoms in total. The lowest BCUT2D eigenvalue weighted by Gasteiger charge is -2.06. The molecule has 0 aliphatic heterocycles. The zero-order valence-corrected chi connectivity index (χ0v) is 12.7. The number of carbonyl (C=O) groups excluding carboxylic acids is 1. The molecule has 0 saturated heterocycles. The van der Waals surface area contributed by atoms with Crippen LogP contribution in [-0.4, -0.2) is 27.2 Å². The molecule has 0 aromatic carbocycles. The second kappa shape index (κ2) is 6.49. The average Bonchev–Trinajstić information content (AvgIpc) is 2.73.